The molecule has 1 aromatic carbocycles. The van der Waals surface area contributed by atoms with Crippen molar-refractivity contribution in [1.82, 2.24) is 0 Å². The van der Waals surface area contributed by atoms with Crippen LogP contribution in [0.3, 0.4) is 0 Å². The molecule has 0 aliphatic rings. The van der Waals surface area contributed by atoms with E-state index in [1.165, 1.54) is 0 Å². The predicted molar refractivity (Wildman–Crippen MR) is 64.6 cm³/mol. The van der Waals surface area contributed by atoms with E-state index < -0.39 is 5.60 Å². The van der Waals surface area contributed by atoms with Crippen LogP contribution in [0.1, 0.15) is 25.8 Å². The van der Waals surface area contributed by atoms with Gasteiger partial charge in [0.1, 0.15) is 0 Å². The summed E-state index contributed by atoms with van der Waals surface area (Å²) in [6.07, 6.45) is 8.49. The van der Waals surface area contributed by atoms with Crippen LogP contribution in [-0.2, 0) is 5.60 Å². The highest BCUT2D eigenvalue weighted by Crippen LogP contribution is 2.24. The summed E-state index contributed by atoms with van der Waals surface area (Å²) in [5, 5.41) is 10.2. The second-order valence-corrected chi connectivity index (χ2v) is 3.80. The normalized spacial score (nSPS) is 15.9. The molecule has 0 aliphatic carbocycles. The predicted octanol–water partition coefficient (Wildman–Crippen LogP) is 3.42. The lowest BCUT2D eigenvalue weighted by atomic mass is 9.92. The average Bonchev–Trinajstić information content (AvgIpc) is 2.26. The van der Waals surface area contributed by atoms with E-state index in [-0.39, 0.29) is 0 Å². The van der Waals surface area contributed by atoms with Gasteiger partial charge in [-0.15, -0.1) is 0 Å². The van der Waals surface area contributed by atoms with E-state index in [2.05, 4.69) is 0 Å². The summed E-state index contributed by atoms with van der Waals surface area (Å²) >= 11 is 0. The van der Waals surface area contributed by atoms with Gasteiger partial charge in [-0.25, -0.2) is 0 Å². The van der Waals surface area contributed by atoms with Gasteiger partial charge in [0.05, 0.1) is 5.60 Å². The van der Waals surface area contributed by atoms with E-state index in [9.17, 15) is 5.11 Å². The molecule has 0 spiro atoms. The van der Waals surface area contributed by atoms with Crippen molar-refractivity contribution in [2.75, 3.05) is 0 Å². The van der Waals surface area contributed by atoms with E-state index in [0.717, 1.165) is 5.56 Å². The summed E-state index contributed by atoms with van der Waals surface area (Å²) in [4.78, 5) is 0. The molecule has 1 rings (SSSR count). The van der Waals surface area contributed by atoms with Crippen molar-refractivity contribution in [3.8, 4) is 0 Å². The van der Waals surface area contributed by atoms with E-state index in [4.69, 9.17) is 0 Å². The molecule has 1 nitrogen and oxygen atoms in total. The Labute approximate surface area is 91.8 Å². The molecule has 1 atom stereocenters. The zero-order valence-corrected chi connectivity index (χ0v) is 9.35. The van der Waals surface area contributed by atoms with Crippen LogP contribution in [0.5, 0.6) is 0 Å². The van der Waals surface area contributed by atoms with Crippen molar-refractivity contribution in [3.63, 3.8) is 0 Å². The molecule has 0 saturated heterocycles. The lowest BCUT2D eigenvalue weighted by Crippen LogP contribution is -2.19. The molecule has 1 aromatic rings. The fourth-order valence-corrected chi connectivity index (χ4v) is 1.40. The van der Waals surface area contributed by atoms with Crippen LogP contribution in [-0.4, -0.2) is 5.11 Å². The third kappa shape index (κ3) is 3.72. The SMILES string of the molecule is C/C=C/C=C\C[C@@](C)(O)c1ccccc1. The van der Waals surface area contributed by atoms with Gasteiger partial charge in [0, 0.05) is 0 Å². The lowest BCUT2D eigenvalue weighted by Gasteiger charge is -2.21. The number of rotatable bonds is 4. The largest absolute Gasteiger partial charge is 0.385 e. The van der Waals surface area contributed by atoms with E-state index in [1.54, 1.807) is 0 Å². The first-order chi connectivity index (χ1) is 7.17. The average molecular weight is 202 g/mol. The second kappa shape index (κ2) is 5.52. The van der Waals surface area contributed by atoms with Crippen molar-refractivity contribution in [1.29, 1.82) is 0 Å². The van der Waals surface area contributed by atoms with Crippen LogP contribution in [0.25, 0.3) is 0 Å². The smallest absolute Gasteiger partial charge is 0.0902 e. The van der Waals surface area contributed by atoms with Crippen LogP contribution in [0, 0.1) is 0 Å². The molecule has 0 aliphatic heterocycles. The molecule has 0 saturated carbocycles. The van der Waals surface area contributed by atoms with Gasteiger partial charge < -0.3 is 5.11 Å². The van der Waals surface area contributed by atoms with Gasteiger partial charge in [-0.1, -0.05) is 54.6 Å². The molecule has 0 amide bonds. The maximum Gasteiger partial charge on any atom is 0.0902 e. The number of allylic oxidation sites excluding steroid dienone is 3. The van der Waals surface area contributed by atoms with Crippen LogP contribution in [0.15, 0.2) is 54.6 Å². The summed E-state index contributed by atoms with van der Waals surface area (Å²) in [6, 6.07) is 9.74. The highest BCUT2D eigenvalue weighted by molar-refractivity contribution is 5.22. The van der Waals surface area contributed by atoms with Crippen LogP contribution < -0.4 is 0 Å². The van der Waals surface area contributed by atoms with E-state index in [0.29, 0.717) is 6.42 Å². The van der Waals surface area contributed by atoms with Crippen molar-refractivity contribution in [2.24, 2.45) is 0 Å². The fraction of sp³-hybridized carbons (Fsp3) is 0.286. The zero-order chi connectivity index (χ0) is 11.1. The number of hydrogen-bond donors (Lipinski definition) is 1. The minimum atomic E-state index is -0.778. The Kier molecular flexibility index (Phi) is 4.32. The van der Waals surface area contributed by atoms with Crippen molar-refractivity contribution in [2.45, 2.75) is 25.9 Å². The van der Waals surface area contributed by atoms with Gasteiger partial charge in [-0.3, -0.25) is 0 Å². The highest BCUT2D eigenvalue weighted by atomic mass is 16.3. The minimum absolute atomic E-state index is 0.626. The number of benzene rings is 1. The number of aliphatic hydroxyl groups is 1. The maximum absolute atomic E-state index is 10.2. The summed E-state index contributed by atoms with van der Waals surface area (Å²) in [7, 11) is 0. The Balaban J connectivity index is 2.67. The molecule has 0 fully saturated rings. The Morgan fingerprint density at radius 3 is 2.47 bits per heavy atom. The molecule has 15 heavy (non-hydrogen) atoms. The van der Waals surface area contributed by atoms with Crippen LogP contribution in [0.4, 0.5) is 0 Å². The molecule has 80 valence electrons. The highest BCUT2D eigenvalue weighted by Gasteiger charge is 2.20. The monoisotopic (exact) mass is 202 g/mol. The first-order valence-corrected chi connectivity index (χ1v) is 5.22. The lowest BCUT2D eigenvalue weighted by molar-refractivity contribution is 0.0605. The van der Waals surface area contributed by atoms with Gasteiger partial charge in [-0.2, -0.15) is 0 Å². The molecule has 0 heterocycles. The summed E-state index contributed by atoms with van der Waals surface area (Å²) in [5.74, 6) is 0. The van der Waals surface area contributed by atoms with Gasteiger partial charge in [0.2, 0.25) is 0 Å². The first kappa shape index (κ1) is 11.7. The molecule has 1 N–H and O–H groups in total. The number of hydrogen-bond acceptors (Lipinski definition) is 1. The Morgan fingerprint density at radius 1 is 1.20 bits per heavy atom. The van der Waals surface area contributed by atoms with Crippen molar-refractivity contribution < 1.29 is 5.11 Å². The molecule has 0 bridgehead atoms. The standard InChI is InChI=1S/C14H18O/c1-3-4-5-9-12-14(2,15)13-10-7-6-8-11-13/h3-11,15H,12H2,1-2H3/b4-3+,9-5-/t14-/m1/s1. The Hall–Kier alpha value is -1.34. The van der Waals surface area contributed by atoms with E-state index in [1.807, 2.05) is 68.5 Å². The Morgan fingerprint density at radius 2 is 1.87 bits per heavy atom. The molecule has 0 aromatic heterocycles. The fourth-order valence-electron chi connectivity index (χ4n) is 1.40. The van der Waals surface area contributed by atoms with Crippen LogP contribution in [0.2, 0.25) is 0 Å². The molecule has 1 heteroatoms. The Bertz CT molecular complexity index is 334. The summed E-state index contributed by atoms with van der Waals surface area (Å²) < 4.78 is 0. The van der Waals surface area contributed by atoms with E-state index >= 15 is 0 Å². The summed E-state index contributed by atoms with van der Waals surface area (Å²) in [5.41, 5.74) is 0.175. The quantitative estimate of drug-likeness (QED) is 0.742. The zero-order valence-electron chi connectivity index (χ0n) is 9.35. The third-order valence-corrected chi connectivity index (χ3v) is 2.35. The molecule has 0 unspecified atom stereocenters. The maximum atomic E-state index is 10.2. The van der Waals surface area contributed by atoms with Gasteiger partial charge >= 0.3 is 0 Å². The topological polar surface area (TPSA) is 20.2 Å². The van der Waals surface area contributed by atoms with Crippen LogP contribution >= 0.6 is 0 Å². The second-order valence-electron chi connectivity index (χ2n) is 3.80. The molecular weight excluding hydrogens is 184 g/mol. The molecular formula is C14H18O. The van der Waals surface area contributed by atoms with Crippen molar-refractivity contribution in [3.05, 3.63) is 60.2 Å². The third-order valence-electron chi connectivity index (χ3n) is 2.35. The van der Waals surface area contributed by atoms with Crippen molar-refractivity contribution >= 4 is 0 Å². The summed E-state index contributed by atoms with van der Waals surface area (Å²) in [6.45, 7) is 3.81. The van der Waals surface area contributed by atoms with Gasteiger partial charge in [0.15, 0.2) is 0 Å². The van der Waals surface area contributed by atoms with Gasteiger partial charge in [-0.05, 0) is 25.8 Å². The van der Waals surface area contributed by atoms with Gasteiger partial charge in [0.25, 0.3) is 0 Å². The molecule has 0 radical (unpaired) electrons. The minimum Gasteiger partial charge on any atom is -0.385 e. The first-order valence-electron chi connectivity index (χ1n) is 5.22.